The normalized spacial score (nSPS) is 17.9. The van der Waals surface area contributed by atoms with E-state index < -0.39 is 17.2 Å². The summed E-state index contributed by atoms with van der Waals surface area (Å²) >= 11 is -1.07. The lowest BCUT2D eigenvalue weighted by Gasteiger charge is -2.33. The van der Waals surface area contributed by atoms with Crippen molar-refractivity contribution in [1.29, 1.82) is 5.26 Å². The Hall–Kier alpha value is -3.25. The van der Waals surface area contributed by atoms with Gasteiger partial charge in [-0.2, -0.15) is 5.26 Å². The number of nitriles is 1. The van der Waals surface area contributed by atoms with Crippen LogP contribution in [0.2, 0.25) is 0 Å². The van der Waals surface area contributed by atoms with Gasteiger partial charge in [-0.15, -0.1) is 4.31 Å². The number of carbonyl (C=O) groups is 1. The van der Waals surface area contributed by atoms with Gasteiger partial charge in [0, 0.05) is 41.6 Å². The fourth-order valence-corrected chi connectivity index (χ4v) is 5.15. The Morgan fingerprint density at radius 2 is 1.89 bits per heavy atom. The number of carbonyl (C=O) groups excluding carboxylic acids is 1. The smallest absolute Gasteiger partial charge is 0.256 e. The predicted molar refractivity (Wildman–Crippen MR) is 135 cm³/mol. The highest BCUT2D eigenvalue weighted by Crippen LogP contribution is 2.35. The molecule has 1 saturated heterocycles. The first kappa shape index (κ1) is 23.5. The second kappa shape index (κ2) is 9.78. The zero-order valence-electron chi connectivity index (χ0n) is 19.4. The van der Waals surface area contributed by atoms with Crippen molar-refractivity contribution >= 4 is 33.7 Å². The molecule has 6 nitrogen and oxygen atoms in total. The molecule has 2 heterocycles. The van der Waals surface area contributed by atoms with E-state index in [2.05, 4.69) is 11.1 Å². The van der Waals surface area contributed by atoms with Gasteiger partial charge in [-0.05, 0) is 48.1 Å². The summed E-state index contributed by atoms with van der Waals surface area (Å²) in [7, 11) is 0. The van der Waals surface area contributed by atoms with Crippen LogP contribution in [0.15, 0.2) is 54.7 Å². The number of pyridine rings is 1. The SMILES string of the molecule is C[S+]([O-])N1CCN(C(=O)c2cnc3ccc(F)cc3c2-c2ccc(/C(C#N)=C/C3CC3)cc2)CC1. The van der Waals surface area contributed by atoms with E-state index in [4.69, 9.17) is 0 Å². The molecular formula is C27H25FN4O2S. The minimum absolute atomic E-state index is 0.185. The van der Waals surface area contributed by atoms with E-state index in [0.29, 0.717) is 59.7 Å². The van der Waals surface area contributed by atoms with Crippen molar-refractivity contribution in [3.8, 4) is 17.2 Å². The zero-order chi connectivity index (χ0) is 24.5. The molecule has 1 saturated carbocycles. The van der Waals surface area contributed by atoms with Crippen molar-refractivity contribution in [2.45, 2.75) is 12.8 Å². The maximum Gasteiger partial charge on any atom is 0.256 e. The number of rotatable bonds is 5. The molecule has 2 fully saturated rings. The van der Waals surface area contributed by atoms with Crippen molar-refractivity contribution in [3.63, 3.8) is 0 Å². The molecule has 0 bridgehead atoms. The molecule has 3 aromatic rings. The van der Waals surface area contributed by atoms with E-state index in [9.17, 15) is 19.0 Å². The summed E-state index contributed by atoms with van der Waals surface area (Å²) in [6.07, 6.45) is 7.45. The molecule has 5 rings (SSSR count). The molecule has 1 atom stereocenters. The van der Waals surface area contributed by atoms with Gasteiger partial charge < -0.3 is 9.45 Å². The van der Waals surface area contributed by atoms with Crippen molar-refractivity contribution in [2.75, 3.05) is 32.4 Å². The van der Waals surface area contributed by atoms with E-state index in [0.717, 1.165) is 24.0 Å². The van der Waals surface area contributed by atoms with Crippen LogP contribution >= 0.6 is 0 Å². The molecule has 1 aliphatic heterocycles. The summed E-state index contributed by atoms with van der Waals surface area (Å²) in [4.78, 5) is 19.8. The first-order valence-electron chi connectivity index (χ1n) is 11.6. The van der Waals surface area contributed by atoms with E-state index >= 15 is 0 Å². The molecular weight excluding hydrogens is 463 g/mol. The minimum Gasteiger partial charge on any atom is -0.598 e. The maximum atomic E-state index is 14.3. The number of hydrogen-bond donors (Lipinski definition) is 0. The molecule has 0 spiro atoms. The number of hydrogen-bond acceptors (Lipinski definition) is 5. The molecule has 8 heteroatoms. The lowest BCUT2D eigenvalue weighted by molar-refractivity contribution is 0.0699. The summed E-state index contributed by atoms with van der Waals surface area (Å²) in [6, 6.07) is 14.2. The number of halogens is 1. The Bertz CT molecular complexity index is 1340. The van der Waals surface area contributed by atoms with E-state index in [1.807, 2.05) is 34.6 Å². The third kappa shape index (κ3) is 4.94. The quantitative estimate of drug-likeness (QED) is 0.392. The Balaban J connectivity index is 1.55. The summed E-state index contributed by atoms with van der Waals surface area (Å²) in [5.41, 5.74) is 3.84. The van der Waals surface area contributed by atoms with Crippen LogP contribution in [-0.4, -0.2) is 57.1 Å². The van der Waals surface area contributed by atoms with Gasteiger partial charge in [0.05, 0.1) is 35.8 Å². The van der Waals surface area contributed by atoms with Gasteiger partial charge in [-0.25, -0.2) is 4.39 Å². The Kier molecular flexibility index (Phi) is 6.56. The molecule has 2 aromatic carbocycles. The number of nitrogens with zero attached hydrogens (tertiary/aromatic N) is 4. The number of benzene rings is 2. The Morgan fingerprint density at radius 3 is 2.51 bits per heavy atom. The largest absolute Gasteiger partial charge is 0.598 e. The fraction of sp³-hybridized carbons (Fsp3) is 0.296. The van der Waals surface area contributed by atoms with Crippen LogP contribution in [0, 0.1) is 23.1 Å². The highest BCUT2D eigenvalue weighted by molar-refractivity contribution is 7.88. The van der Waals surface area contributed by atoms with E-state index in [1.165, 1.54) is 12.1 Å². The molecule has 2 aliphatic rings. The Morgan fingerprint density at radius 1 is 1.17 bits per heavy atom. The summed E-state index contributed by atoms with van der Waals surface area (Å²) in [5.74, 6) is -0.109. The average Bonchev–Trinajstić information content (AvgIpc) is 3.70. The number of aromatic nitrogens is 1. The lowest BCUT2D eigenvalue weighted by atomic mass is 9.93. The van der Waals surface area contributed by atoms with Crippen LogP contribution in [0.5, 0.6) is 0 Å². The predicted octanol–water partition coefficient (Wildman–Crippen LogP) is 4.41. The Labute approximate surface area is 207 Å². The van der Waals surface area contributed by atoms with Gasteiger partial charge in [0.1, 0.15) is 12.1 Å². The van der Waals surface area contributed by atoms with Gasteiger partial charge in [0.2, 0.25) is 0 Å². The summed E-state index contributed by atoms with van der Waals surface area (Å²) in [6.45, 7) is 1.96. The minimum atomic E-state index is -1.07. The van der Waals surface area contributed by atoms with Crippen molar-refractivity contribution in [2.24, 2.45) is 5.92 Å². The van der Waals surface area contributed by atoms with Crippen LogP contribution in [0.3, 0.4) is 0 Å². The number of amides is 1. The van der Waals surface area contributed by atoms with Gasteiger partial charge in [-0.1, -0.05) is 30.3 Å². The second-order valence-electron chi connectivity index (χ2n) is 8.96. The highest BCUT2D eigenvalue weighted by atomic mass is 32.2. The van der Waals surface area contributed by atoms with Crippen LogP contribution in [0.4, 0.5) is 4.39 Å². The van der Waals surface area contributed by atoms with Crippen molar-refractivity contribution in [3.05, 3.63) is 71.7 Å². The van der Waals surface area contributed by atoms with Gasteiger partial charge in [0.25, 0.3) is 5.91 Å². The number of piperazine rings is 1. The highest BCUT2D eigenvalue weighted by Gasteiger charge is 2.29. The average molecular weight is 489 g/mol. The second-order valence-corrected chi connectivity index (χ2v) is 10.3. The van der Waals surface area contributed by atoms with E-state index in [1.54, 1.807) is 23.4 Å². The van der Waals surface area contributed by atoms with Crippen LogP contribution in [0.1, 0.15) is 28.8 Å². The first-order chi connectivity index (χ1) is 16.9. The monoisotopic (exact) mass is 488 g/mol. The first-order valence-corrected chi connectivity index (χ1v) is 13.1. The lowest BCUT2D eigenvalue weighted by Crippen LogP contribution is -2.50. The summed E-state index contributed by atoms with van der Waals surface area (Å²) in [5, 5.41) is 10.1. The maximum absolute atomic E-state index is 14.3. The summed E-state index contributed by atoms with van der Waals surface area (Å²) < 4.78 is 27.9. The van der Waals surface area contributed by atoms with Gasteiger partial charge in [-0.3, -0.25) is 9.78 Å². The topological polar surface area (TPSA) is 83.3 Å². The molecule has 1 amide bonds. The fourth-order valence-electron chi connectivity index (χ4n) is 4.47. The molecule has 178 valence electrons. The number of allylic oxidation sites excluding steroid dienone is 2. The number of fused-ring (bicyclic) bond motifs is 1. The van der Waals surface area contributed by atoms with Crippen LogP contribution in [0.25, 0.3) is 27.6 Å². The van der Waals surface area contributed by atoms with Crippen LogP contribution in [-0.2, 0) is 11.4 Å². The van der Waals surface area contributed by atoms with E-state index in [-0.39, 0.29) is 5.91 Å². The van der Waals surface area contributed by atoms with Gasteiger partial charge >= 0.3 is 0 Å². The molecule has 1 aliphatic carbocycles. The standard InChI is InChI=1S/C27H25FN4O2S/c1-35(34)32-12-10-31(11-13-32)27(33)24-17-30-25-9-8-22(28)15-23(25)26(24)20-6-4-19(5-7-20)21(16-29)14-18-2-3-18/h4-9,14-15,17-18H,2-3,10-13H2,1H3/b21-14+. The third-order valence-corrected chi connectivity index (χ3v) is 7.67. The van der Waals surface area contributed by atoms with Crippen LogP contribution < -0.4 is 0 Å². The molecule has 1 aromatic heterocycles. The third-order valence-electron chi connectivity index (χ3n) is 6.58. The van der Waals surface area contributed by atoms with Crippen molar-refractivity contribution < 1.29 is 13.7 Å². The molecule has 35 heavy (non-hydrogen) atoms. The molecule has 1 unspecified atom stereocenters. The molecule has 0 N–H and O–H groups in total. The molecule has 0 radical (unpaired) electrons. The van der Waals surface area contributed by atoms with Crippen molar-refractivity contribution in [1.82, 2.24) is 14.2 Å². The van der Waals surface area contributed by atoms with Gasteiger partial charge in [0.15, 0.2) is 0 Å². The zero-order valence-corrected chi connectivity index (χ0v) is 20.2.